The van der Waals surface area contributed by atoms with Gasteiger partial charge in [-0.1, -0.05) is 37.6 Å². The first-order valence-corrected chi connectivity index (χ1v) is 22.1. The standard InChI is InChI=1S/C41H52ClF2N7O8S/c1-22-10-8-9-11-25-19-41(25,35(54)49-60(56,57)39(6)14-15-39)48-32(52)30-18-27(58-33-28-17-26(42)12-13-29(28)51-20-24(3)45-36(51)47-33)21-50(30)34(53)31(23(2)16-22)46-37(55)59-38(4,5)40(7,43)44/h9,11-13,17,20,22-23,25,27,30-31H,8,10,14-16,18-19,21H2,1-7H3,(H,46,55)(H,48,52)(H,49,54)/b11-9-/t22-,23+,25+,27+,30-,31-,41+/m0/s1. The molecule has 0 unspecified atom stereocenters. The highest BCUT2D eigenvalue weighted by Crippen LogP contribution is 2.48. The molecule has 4 heterocycles. The molecule has 2 aliphatic heterocycles. The Morgan fingerprint density at radius 2 is 1.82 bits per heavy atom. The number of allylic oxidation sites excluding steroid dienone is 1. The van der Waals surface area contributed by atoms with Crippen molar-refractivity contribution >= 4 is 62.1 Å². The number of aryl methyl sites for hydroxylation is 1. The quantitative estimate of drug-likeness (QED) is 0.240. The first kappa shape index (κ1) is 43.5. The second-order valence-corrected chi connectivity index (χ2v) is 20.6. The van der Waals surface area contributed by atoms with Crippen molar-refractivity contribution in [3.63, 3.8) is 0 Å². The minimum atomic E-state index is -4.07. The summed E-state index contributed by atoms with van der Waals surface area (Å²) in [5.74, 6) is -6.38. The molecule has 60 heavy (non-hydrogen) atoms. The van der Waals surface area contributed by atoms with E-state index in [2.05, 4.69) is 25.3 Å². The van der Waals surface area contributed by atoms with Gasteiger partial charge in [0.05, 0.1) is 27.9 Å². The molecule has 4 amide bonds. The van der Waals surface area contributed by atoms with Crippen LogP contribution in [0.2, 0.25) is 5.02 Å². The van der Waals surface area contributed by atoms with E-state index in [1.54, 1.807) is 36.4 Å². The van der Waals surface area contributed by atoms with E-state index in [9.17, 15) is 36.4 Å². The van der Waals surface area contributed by atoms with Gasteiger partial charge in [0.1, 0.15) is 23.7 Å². The van der Waals surface area contributed by atoms with Crippen LogP contribution in [-0.4, -0.2) is 98.0 Å². The maximum atomic E-state index is 14.9. The minimum absolute atomic E-state index is 0.00798. The number of alkyl halides is 2. The number of alkyl carbamates (subject to hydrolysis) is 1. The number of imidazole rings is 1. The van der Waals surface area contributed by atoms with Crippen molar-refractivity contribution in [2.75, 3.05) is 6.54 Å². The third-order valence-corrected chi connectivity index (χ3v) is 15.1. The van der Waals surface area contributed by atoms with E-state index < -0.39 is 85.7 Å². The highest BCUT2D eigenvalue weighted by atomic mass is 35.5. The van der Waals surface area contributed by atoms with Crippen LogP contribution in [0.4, 0.5) is 13.6 Å². The van der Waals surface area contributed by atoms with E-state index in [1.807, 2.05) is 32.2 Å². The highest BCUT2D eigenvalue weighted by Gasteiger charge is 2.63. The normalized spacial score (nSPS) is 29.1. The number of carbonyl (C=O) groups is 4. The van der Waals surface area contributed by atoms with Gasteiger partial charge < -0.3 is 25.0 Å². The Labute approximate surface area is 352 Å². The first-order chi connectivity index (χ1) is 27.9. The van der Waals surface area contributed by atoms with E-state index in [1.165, 1.54) is 4.90 Å². The largest absolute Gasteiger partial charge is 0.472 e. The molecular formula is C41H52ClF2N7O8S. The molecule has 7 atom stereocenters. The molecule has 3 aromatic rings. The van der Waals surface area contributed by atoms with Crippen LogP contribution in [0.1, 0.15) is 92.2 Å². The van der Waals surface area contributed by atoms with Crippen molar-refractivity contribution in [3.05, 3.63) is 47.3 Å². The van der Waals surface area contributed by atoms with Crippen LogP contribution in [-0.2, 0) is 29.1 Å². The molecule has 1 saturated heterocycles. The zero-order valence-corrected chi connectivity index (χ0v) is 36.3. The van der Waals surface area contributed by atoms with Crippen molar-refractivity contribution in [3.8, 4) is 5.88 Å². The summed E-state index contributed by atoms with van der Waals surface area (Å²) in [5.41, 5.74) is -2.48. The van der Waals surface area contributed by atoms with E-state index in [4.69, 9.17) is 21.1 Å². The summed E-state index contributed by atoms with van der Waals surface area (Å²) in [5, 5.41) is 6.32. The summed E-state index contributed by atoms with van der Waals surface area (Å²) >= 11 is 6.42. The van der Waals surface area contributed by atoms with E-state index in [0.29, 0.717) is 66.4 Å². The van der Waals surface area contributed by atoms with Crippen LogP contribution in [0, 0.1) is 24.7 Å². The lowest BCUT2D eigenvalue weighted by Gasteiger charge is -2.35. The van der Waals surface area contributed by atoms with Gasteiger partial charge in [0, 0.05) is 30.5 Å². The minimum Gasteiger partial charge on any atom is -0.472 e. The SMILES string of the molecule is Cc1cn2c(n1)nc(O[C@@H]1C[C@H]3C(=O)N[C@]4(C(=O)NS(=O)(=O)C5(C)CC5)C[C@H]4/C=C\CC[C@H](C)C[C@@H](C)[C@H](NC(=O)OC(C)(C)C(C)(F)F)C(=O)N3C1)c1cc(Cl)ccc12. The van der Waals surface area contributed by atoms with Crippen molar-refractivity contribution in [2.45, 2.75) is 133 Å². The number of nitrogens with zero attached hydrogens (tertiary/aromatic N) is 4. The topological polar surface area (TPSA) is 190 Å². The molecule has 19 heteroatoms. The van der Waals surface area contributed by atoms with Crippen molar-refractivity contribution < 1.29 is 45.9 Å². The van der Waals surface area contributed by atoms with Crippen LogP contribution in [0.5, 0.6) is 5.88 Å². The third-order valence-electron chi connectivity index (χ3n) is 12.7. The van der Waals surface area contributed by atoms with Crippen molar-refractivity contribution in [1.29, 1.82) is 0 Å². The molecule has 2 aromatic heterocycles. The van der Waals surface area contributed by atoms with E-state index >= 15 is 0 Å². The Morgan fingerprint density at radius 3 is 2.50 bits per heavy atom. The number of hydrogen-bond acceptors (Lipinski definition) is 10. The summed E-state index contributed by atoms with van der Waals surface area (Å²) in [6.07, 6.45) is 5.83. The number of amides is 4. The smallest absolute Gasteiger partial charge is 0.408 e. The molecular weight excluding hydrogens is 824 g/mol. The van der Waals surface area contributed by atoms with Gasteiger partial charge in [-0.2, -0.15) is 4.98 Å². The molecule has 3 fully saturated rings. The molecule has 7 rings (SSSR count). The van der Waals surface area contributed by atoms with Gasteiger partial charge in [0.15, 0.2) is 5.60 Å². The van der Waals surface area contributed by atoms with Crippen LogP contribution in [0.25, 0.3) is 16.7 Å². The molecule has 0 radical (unpaired) electrons. The Morgan fingerprint density at radius 1 is 1.10 bits per heavy atom. The lowest BCUT2D eigenvalue weighted by Crippen LogP contribution is -2.59. The molecule has 326 valence electrons. The monoisotopic (exact) mass is 875 g/mol. The number of hydrogen-bond donors (Lipinski definition) is 3. The fourth-order valence-electron chi connectivity index (χ4n) is 8.10. The Hall–Kier alpha value is -4.58. The number of rotatable bonds is 8. The Balaban J connectivity index is 1.26. The number of nitrogens with one attached hydrogen (secondary N) is 3. The average Bonchev–Trinajstić information content (AvgIpc) is 3.96. The maximum Gasteiger partial charge on any atom is 0.408 e. The molecule has 2 aliphatic carbocycles. The van der Waals surface area contributed by atoms with Crippen LogP contribution < -0.4 is 20.1 Å². The third kappa shape index (κ3) is 8.37. The Kier molecular flexibility index (Phi) is 11.2. The van der Waals surface area contributed by atoms with Gasteiger partial charge in [-0.15, -0.1) is 0 Å². The zero-order valence-electron chi connectivity index (χ0n) is 34.7. The van der Waals surface area contributed by atoms with Crippen molar-refractivity contribution in [1.82, 2.24) is 34.6 Å². The zero-order chi connectivity index (χ0) is 43.7. The molecule has 0 spiro atoms. The van der Waals surface area contributed by atoms with Crippen molar-refractivity contribution in [2.24, 2.45) is 17.8 Å². The van der Waals surface area contributed by atoms with Crippen LogP contribution in [0.15, 0.2) is 36.5 Å². The second kappa shape index (κ2) is 15.4. The molecule has 2 saturated carbocycles. The number of aromatic nitrogens is 3. The highest BCUT2D eigenvalue weighted by molar-refractivity contribution is 7.91. The summed E-state index contributed by atoms with van der Waals surface area (Å²) in [4.78, 5) is 67.3. The van der Waals surface area contributed by atoms with E-state index in [0.717, 1.165) is 13.8 Å². The maximum absolute atomic E-state index is 14.9. The predicted molar refractivity (Wildman–Crippen MR) is 218 cm³/mol. The molecule has 15 nitrogen and oxygen atoms in total. The fraction of sp³-hybridized carbons (Fsp3) is 0.610. The van der Waals surface area contributed by atoms with Crippen LogP contribution in [0.3, 0.4) is 0 Å². The number of halogens is 3. The predicted octanol–water partition coefficient (Wildman–Crippen LogP) is 5.61. The molecule has 4 aliphatic rings. The number of carbonyl (C=O) groups excluding carboxylic acids is 4. The van der Waals surface area contributed by atoms with E-state index in [-0.39, 0.29) is 31.2 Å². The first-order valence-electron chi connectivity index (χ1n) is 20.3. The van der Waals surface area contributed by atoms with Gasteiger partial charge in [0.2, 0.25) is 33.5 Å². The lowest BCUT2D eigenvalue weighted by atomic mass is 9.88. The van der Waals surface area contributed by atoms with Gasteiger partial charge >= 0.3 is 6.09 Å². The molecule has 0 bridgehead atoms. The van der Waals surface area contributed by atoms with Gasteiger partial charge in [0.25, 0.3) is 11.8 Å². The number of ether oxygens (including phenoxy) is 2. The van der Waals surface area contributed by atoms with Gasteiger partial charge in [-0.3, -0.25) is 23.5 Å². The average molecular weight is 876 g/mol. The van der Waals surface area contributed by atoms with Gasteiger partial charge in [-0.25, -0.2) is 27.0 Å². The molecule has 3 N–H and O–H groups in total. The summed E-state index contributed by atoms with van der Waals surface area (Å²) < 4.78 is 70.0. The number of fused-ring (bicyclic) bond motifs is 5. The van der Waals surface area contributed by atoms with Gasteiger partial charge in [-0.05, 0) is 96.3 Å². The second-order valence-electron chi connectivity index (χ2n) is 18.0. The summed E-state index contributed by atoms with van der Waals surface area (Å²) in [7, 11) is -4.07. The number of benzene rings is 1. The molecule has 1 aromatic carbocycles. The summed E-state index contributed by atoms with van der Waals surface area (Å²) in [6.45, 7) is 9.66. The Bertz CT molecular complexity index is 2380. The lowest BCUT2D eigenvalue weighted by molar-refractivity contribution is -0.152. The summed E-state index contributed by atoms with van der Waals surface area (Å²) in [6, 6.07) is 2.54. The number of sulfonamides is 1. The van der Waals surface area contributed by atoms with Crippen LogP contribution >= 0.6 is 11.6 Å². The fourth-order valence-corrected chi connectivity index (χ4v) is 9.59.